The van der Waals surface area contributed by atoms with Crippen molar-refractivity contribution < 1.29 is 0 Å². The molecule has 1 aliphatic rings. The number of hydrogen-bond acceptors (Lipinski definition) is 3. The molecule has 0 N–H and O–H groups in total. The molecule has 3 rings (SSSR count). The number of aryl methyl sites for hydroxylation is 1. The molecule has 0 spiro atoms. The molecule has 1 fully saturated rings. The molecule has 19 heavy (non-hydrogen) atoms. The van der Waals surface area contributed by atoms with Gasteiger partial charge in [0.15, 0.2) is 5.82 Å². The highest BCUT2D eigenvalue weighted by molar-refractivity contribution is 9.09. The zero-order chi connectivity index (χ0) is 13.4. The van der Waals surface area contributed by atoms with Gasteiger partial charge in [-0.1, -0.05) is 28.8 Å². The van der Waals surface area contributed by atoms with Crippen LogP contribution in [0.25, 0.3) is 5.52 Å². The van der Waals surface area contributed by atoms with Crippen molar-refractivity contribution in [2.24, 2.45) is 0 Å². The van der Waals surface area contributed by atoms with Gasteiger partial charge in [0.25, 0.3) is 0 Å². The van der Waals surface area contributed by atoms with Gasteiger partial charge in [0, 0.05) is 30.3 Å². The van der Waals surface area contributed by atoms with Crippen molar-refractivity contribution >= 4 is 27.3 Å². The van der Waals surface area contributed by atoms with Gasteiger partial charge in [0.05, 0.1) is 5.69 Å². The molecule has 0 aromatic carbocycles. The predicted octanol–water partition coefficient (Wildman–Crippen LogP) is 3.18. The Balaban J connectivity index is 1.98. The molecule has 2 aromatic rings. The number of anilines is 1. The average Bonchev–Trinajstić information content (AvgIpc) is 2.78. The van der Waals surface area contributed by atoms with Gasteiger partial charge in [-0.05, 0) is 25.8 Å². The van der Waals surface area contributed by atoms with Crippen LogP contribution in [-0.2, 0) is 0 Å². The van der Waals surface area contributed by atoms with Gasteiger partial charge in [-0.25, -0.2) is 9.50 Å². The molecule has 1 aliphatic carbocycles. The number of alkyl halides is 1. The topological polar surface area (TPSA) is 33.4 Å². The van der Waals surface area contributed by atoms with E-state index in [0.29, 0.717) is 10.9 Å². The second-order valence-electron chi connectivity index (χ2n) is 5.35. The SMILES string of the molecule is Cc1cc2c(N(C)C3CCCCC3Br)nccn2n1. The van der Waals surface area contributed by atoms with E-state index in [-0.39, 0.29) is 0 Å². The van der Waals surface area contributed by atoms with Crippen LogP contribution in [0.2, 0.25) is 0 Å². The lowest BCUT2D eigenvalue weighted by molar-refractivity contribution is 0.442. The van der Waals surface area contributed by atoms with Crippen LogP contribution in [0.1, 0.15) is 31.4 Å². The molecule has 0 bridgehead atoms. The van der Waals surface area contributed by atoms with Gasteiger partial charge >= 0.3 is 0 Å². The van der Waals surface area contributed by atoms with Gasteiger partial charge < -0.3 is 4.90 Å². The molecule has 5 heteroatoms. The minimum absolute atomic E-state index is 0.516. The molecule has 2 heterocycles. The second kappa shape index (κ2) is 5.12. The lowest BCUT2D eigenvalue weighted by atomic mass is 9.94. The molecule has 4 nitrogen and oxygen atoms in total. The first-order chi connectivity index (χ1) is 9.16. The van der Waals surface area contributed by atoms with Crippen LogP contribution >= 0.6 is 15.9 Å². The Hall–Kier alpha value is -1.10. The van der Waals surface area contributed by atoms with E-state index < -0.39 is 0 Å². The van der Waals surface area contributed by atoms with E-state index in [2.05, 4.69) is 44.0 Å². The van der Waals surface area contributed by atoms with E-state index in [1.165, 1.54) is 25.7 Å². The Morgan fingerprint density at radius 1 is 1.37 bits per heavy atom. The number of halogens is 1. The summed E-state index contributed by atoms with van der Waals surface area (Å²) in [5.41, 5.74) is 2.12. The van der Waals surface area contributed by atoms with Crippen molar-refractivity contribution in [3.05, 3.63) is 24.2 Å². The molecular formula is C14H19BrN4. The maximum absolute atomic E-state index is 4.57. The van der Waals surface area contributed by atoms with E-state index in [1.807, 2.05) is 23.8 Å². The summed E-state index contributed by atoms with van der Waals surface area (Å²) in [6.45, 7) is 2.02. The van der Waals surface area contributed by atoms with Crippen LogP contribution in [0.15, 0.2) is 18.5 Å². The first-order valence-electron chi connectivity index (χ1n) is 6.84. The fraction of sp³-hybridized carbons (Fsp3) is 0.571. The molecule has 2 unspecified atom stereocenters. The van der Waals surface area contributed by atoms with Crippen molar-refractivity contribution in [1.29, 1.82) is 0 Å². The highest BCUT2D eigenvalue weighted by atomic mass is 79.9. The van der Waals surface area contributed by atoms with Crippen LogP contribution < -0.4 is 4.90 Å². The minimum Gasteiger partial charge on any atom is -0.354 e. The van der Waals surface area contributed by atoms with Gasteiger partial charge in [-0.2, -0.15) is 5.10 Å². The molecule has 0 aliphatic heterocycles. The zero-order valence-electron chi connectivity index (χ0n) is 11.4. The number of aromatic nitrogens is 3. The zero-order valence-corrected chi connectivity index (χ0v) is 13.0. The molecule has 2 atom stereocenters. The molecule has 0 saturated heterocycles. The third kappa shape index (κ3) is 2.36. The third-order valence-electron chi connectivity index (χ3n) is 3.97. The summed E-state index contributed by atoms with van der Waals surface area (Å²) in [5, 5.41) is 4.46. The second-order valence-corrected chi connectivity index (χ2v) is 6.52. The highest BCUT2D eigenvalue weighted by Gasteiger charge is 2.28. The standard InChI is InChI=1S/C14H19BrN4/c1-10-9-13-14(16-7-8-19(13)17-10)18(2)12-6-4-3-5-11(12)15/h7-9,11-12H,3-6H2,1-2H3. The Bertz CT molecular complexity index is 580. The van der Waals surface area contributed by atoms with Crippen LogP contribution in [0, 0.1) is 6.92 Å². The highest BCUT2D eigenvalue weighted by Crippen LogP contribution is 2.31. The smallest absolute Gasteiger partial charge is 0.154 e. The quantitative estimate of drug-likeness (QED) is 0.796. The van der Waals surface area contributed by atoms with Crippen LogP contribution in [-0.4, -0.2) is 32.5 Å². The summed E-state index contributed by atoms with van der Waals surface area (Å²) in [7, 11) is 2.15. The third-order valence-corrected chi connectivity index (χ3v) is 5.04. The Labute approximate surface area is 121 Å². The first kappa shape index (κ1) is 12.9. The van der Waals surface area contributed by atoms with Crippen molar-refractivity contribution in [1.82, 2.24) is 14.6 Å². The Morgan fingerprint density at radius 2 is 2.16 bits per heavy atom. The average molecular weight is 323 g/mol. The summed E-state index contributed by atoms with van der Waals surface area (Å²) >= 11 is 3.83. The van der Waals surface area contributed by atoms with E-state index in [4.69, 9.17) is 0 Å². The molecule has 0 amide bonds. The van der Waals surface area contributed by atoms with Gasteiger partial charge in [-0.15, -0.1) is 0 Å². The van der Waals surface area contributed by atoms with E-state index >= 15 is 0 Å². The summed E-state index contributed by atoms with van der Waals surface area (Å²) in [4.78, 5) is 7.44. The maximum atomic E-state index is 4.57. The largest absolute Gasteiger partial charge is 0.354 e. The minimum atomic E-state index is 0.516. The van der Waals surface area contributed by atoms with Crippen molar-refractivity contribution in [3.8, 4) is 0 Å². The van der Waals surface area contributed by atoms with E-state index in [9.17, 15) is 0 Å². The number of nitrogens with zero attached hydrogens (tertiary/aromatic N) is 4. The van der Waals surface area contributed by atoms with Crippen LogP contribution in [0.5, 0.6) is 0 Å². The van der Waals surface area contributed by atoms with E-state index in [0.717, 1.165) is 17.0 Å². The van der Waals surface area contributed by atoms with E-state index in [1.54, 1.807) is 0 Å². The molecule has 102 valence electrons. The summed E-state index contributed by atoms with van der Waals surface area (Å²) in [6.07, 6.45) is 8.84. The van der Waals surface area contributed by atoms with Crippen LogP contribution in [0.4, 0.5) is 5.82 Å². The Kier molecular flexibility index (Phi) is 3.48. The maximum Gasteiger partial charge on any atom is 0.154 e. The molecule has 0 radical (unpaired) electrons. The number of fused-ring (bicyclic) bond motifs is 1. The first-order valence-corrected chi connectivity index (χ1v) is 7.76. The summed E-state index contributed by atoms with van der Waals surface area (Å²) in [6, 6.07) is 2.62. The lowest BCUT2D eigenvalue weighted by Crippen LogP contribution is -2.41. The molecule has 2 aromatic heterocycles. The fourth-order valence-corrected chi connectivity index (χ4v) is 3.90. The lowest BCUT2D eigenvalue weighted by Gasteiger charge is -2.36. The van der Waals surface area contributed by atoms with Gasteiger partial charge in [-0.3, -0.25) is 0 Å². The van der Waals surface area contributed by atoms with Gasteiger partial charge in [0.2, 0.25) is 0 Å². The number of hydrogen-bond donors (Lipinski definition) is 0. The predicted molar refractivity (Wildman–Crippen MR) is 81.1 cm³/mol. The number of rotatable bonds is 2. The molecule has 1 saturated carbocycles. The normalized spacial score (nSPS) is 23.7. The van der Waals surface area contributed by atoms with Crippen LogP contribution in [0.3, 0.4) is 0 Å². The summed E-state index contributed by atoms with van der Waals surface area (Å²) in [5.74, 6) is 1.03. The molecular weight excluding hydrogens is 304 g/mol. The fourth-order valence-electron chi connectivity index (χ4n) is 2.96. The summed E-state index contributed by atoms with van der Waals surface area (Å²) < 4.78 is 1.92. The monoisotopic (exact) mass is 322 g/mol. The van der Waals surface area contributed by atoms with Crippen molar-refractivity contribution in [2.75, 3.05) is 11.9 Å². The Morgan fingerprint density at radius 3 is 2.95 bits per heavy atom. The van der Waals surface area contributed by atoms with Gasteiger partial charge in [0.1, 0.15) is 5.52 Å². The van der Waals surface area contributed by atoms with Crippen molar-refractivity contribution in [2.45, 2.75) is 43.5 Å². The van der Waals surface area contributed by atoms with Crippen molar-refractivity contribution in [3.63, 3.8) is 0 Å².